The number of halogens is 1. The van der Waals surface area contributed by atoms with Crippen molar-refractivity contribution in [2.24, 2.45) is 5.73 Å². The Labute approximate surface area is 77.8 Å². The van der Waals surface area contributed by atoms with Crippen LogP contribution in [0.2, 0.25) is 5.02 Å². The highest BCUT2D eigenvalue weighted by atomic mass is 35.5. The van der Waals surface area contributed by atoms with Crippen molar-refractivity contribution in [3.63, 3.8) is 0 Å². The molecule has 0 radical (unpaired) electrons. The summed E-state index contributed by atoms with van der Waals surface area (Å²) in [6.07, 6.45) is 3.88. The molecule has 0 aliphatic rings. The van der Waals surface area contributed by atoms with Crippen molar-refractivity contribution in [2.45, 2.75) is 6.92 Å². The van der Waals surface area contributed by atoms with Crippen LogP contribution in [0.3, 0.4) is 0 Å². The van der Waals surface area contributed by atoms with Crippen molar-refractivity contribution in [3.05, 3.63) is 40.4 Å². The van der Waals surface area contributed by atoms with Gasteiger partial charge in [-0.15, -0.1) is 0 Å². The lowest BCUT2D eigenvalue weighted by Gasteiger charge is -1.97. The second-order valence-corrected chi connectivity index (χ2v) is 3.14. The lowest BCUT2D eigenvalue weighted by Crippen LogP contribution is -1.91. The summed E-state index contributed by atoms with van der Waals surface area (Å²) < 4.78 is 0. The van der Waals surface area contributed by atoms with E-state index in [4.69, 9.17) is 17.3 Å². The van der Waals surface area contributed by atoms with Crippen LogP contribution in [0.1, 0.15) is 11.1 Å². The van der Waals surface area contributed by atoms with E-state index in [-0.39, 0.29) is 0 Å². The Kier molecular flexibility index (Phi) is 3.32. The number of rotatable bonds is 2. The summed E-state index contributed by atoms with van der Waals surface area (Å²) >= 11 is 5.86. The highest BCUT2D eigenvalue weighted by Gasteiger charge is 1.92. The van der Waals surface area contributed by atoms with E-state index in [1.807, 2.05) is 31.2 Å². The van der Waals surface area contributed by atoms with Gasteiger partial charge in [0.1, 0.15) is 0 Å². The molecule has 12 heavy (non-hydrogen) atoms. The van der Waals surface area contributed by atoms with Crippen molar-refractivity contribution in [1.82, 2.24) is 0 Å². The molecule has 0 saturated heterocycles. The van der Waals surface area contributed by atoms with Crippen molar-refractivity contribution >= 4 is 17.7 Å². The second-order valence-electron chi connectivity index (χ2n) is 2.70. The molecule has 0 fully saturated rings. The maximum Gasteiger partial charge on any atom is 0.0414 e. The van der Waals surface area contributed by atoms with Gasteiger partial charge in [0.2, 0.25) is 0 Å². The molecular weight excluding hydrogens is 170 g/mol. The Morgan fingerprint density at radius 3 is 2.75 bits per heavy atom. The third-order valence-corrected chi connectivity index (χ3v) is 1.73. The number of benzene rings is 1. The maximum absolute atomic E-state index is 5.86. The minimum Gasteiger partial charge on any atom is -0.327 e. The molecule has 0 spiro atoms. The molecule has 0 atom stereocenters. The second kappa shape index (κ2) is 4.29. The first-order chi connectivity index (χ1) is 5.72. The molecule has 1 aromatic carbocycles. The first-order valence-corrected chi connectivity index (χ1v) is 4.24. The maximum atomic E-state index is 5.86. The summed E-state index contributed by atoms with van der Waals surface area (Å²) in [5.41, 5.74) is 7.60. The smallest absolute Gasteiger partial charge is 0.0414 e. The first kappa shape index (κ1) is 9.30. The summed E-state index contributed by atoms with van der Waals surface area (Å²) in [6.45, 7) is 2.58. The Hall–Kier alpha value is -0.790. The summed E-state index contributed by atoms with van der Waals surface area (Å²) in [5.74, 6) is 0. The molecule has 0 bridgehead atoms. The predicted molar refractivity (Wildman–Crippen MR) is 54.3 cm³/mol. The Morgan fingerprint density at radius 2 is 2.17 bits per heavy atom. The molecule has 2 heteroatoms. The van der Waals surface area contributed by atoms with E-state index < -0.39 is 0 Å². The van der Waals surface area contributed by atoms with Gasteiger partial charge in [0.05, 0.1) is 0 Å². The molecular formula is C10H12ClN. The zero-order valence-electron chi connectivity index (χ0n) is 7.05. The van der Waals surface area contributed by atoms with E-state index >= 15 is 0 Å². The van der Waals surface area contributed by atoms with E-state index in [2.05, 4.69) is 6.07 Å². The zero-order chi connectivity index (χ0) is 8.97. The summed E-state index contributed by atoms with van der Waals surface area (Å²) in [6, 6.07) is 5.92. The van der Waals surface area contributed by atoms with Crippen LogP contribution in [-0.2, 0) is 0 Å². The van der Waals surface area contributed by atoms with Gasteiger partial charge in [-0.05, 0) is 30.2 Å². The van der Waals surface area contributed by atoms with Gasteiger partial charge in [-0.2, -0.15) is 0 Å². The highest BCUT2D eigenvalue weighted by Crippen LogP contribution is 2.15. The van der Waals surface area contributed by atoms with E-state index in [1.165, 1.54) is 5.56 Å². The van der Waals surface area contributed by atoms with Crippen molar-refractivity contribution < 1.29 is 0 Å². The molecule has 0 aliphatic heterocycles. The van der Waals surface area contributed by atoms with E-state index in [9.17, 15) is 0 Å². The quantitative estimate of drug-likeness (QED) is 0.746. The highest BCUT2D eigenvalue weighted by molar-refractivity contribution is 6.30. The molecule has 1 nitrogen and oxygen atoms in total. The zero-order valence-corrected chi connectivity index (χ0v) is 7.81. The predicted octanol–water partition coefficient (Wildman–Crippen LogP) is 2.62. The fourth-order valence-electron chi connectivity index (χ4n) is 1.06. The SMILES string of the molecule is Cc1cc(Cl)cc(C=CCN)c1. The van der Waals surface area contributed by atoms with Gasteiger partial charge in [0.15, 0.2) is 0 Å². The third kappa shape index (κ3) is 2.68. The molecule has 0 saturated carbocycles. The molecule has 1 aromatic rings. The van der Waals surface area contributed by atoms with E-state index in [0.717, 1.165) is 10.6 Å². The van der Waals surface area contributed by atoms with E-state index in [0.29, 0.717) is 6.54 Å². The Morgan fingerprint density at radius 1 is 1.42 bits per heavy atom. The molecule has 0 unspecified atom stereocenters. The standard InChI is InChI=1S/C10H12ClN/c1-8-5-9(3-2-4-12)7-10(11)6-8/h2-3,5-7H,4,12H2,1H3. The Bertz CT molecular complexity index is 272. The molecule has 0 aromatic heterocycles. The number of aryl methyl sites for hydroxylation is 1. The largest absolute Gasteiger partial charge is 0.327 e. The Balaban J connectivity index is 2.93. The van der Waals surface area contributed by atoms with Gasteiger partial charge in [-0.3, -0.25) is 0 Å². The molecule has 0 amide bonds. The molecule has 64 valence electrons. The van der Waals surface area contributed by atoms with Crippen LogP contribution in [-0.4, -0.2) is 6.54 Å². The molecule has 2 N–H and O–H groups in total. The van der Waals surface area contributed by atoms with Gasteiger partial charge >= 0.3 is 0 Å². The monoisotopic (exact) mass is 181 g/mol. The van der Waals surface area contributed by atoms with Crippen LogP contribution in [0.15, 0.2) is 24.3 Å². The van der Waals surface area contributed by atoms with Crippen molar-refractivity contribution in [1.29, 1.82) is 0 Å². The van der Waals surface area contributed by atoms with E-state index in [1.54, 1.807) is 0 Å². The molecule has 0 aliphatic carbocycles. The van der Waals surface area contributed by atoms with Gasteiger partial charge in [-0.1, -0.05) is 29.8 Å². The summed E-state index contributed by atoms with van der Waals surface area (Å²) in [4.78, 5) is 0. The van der Waals surface area contributed by atoms with Crippen LogP contribution < -0.4 is 5.73 Å². The molecule has 1 rings (SSSR count). The van der Waals surface area contributed by atoms with Crippen LogP contribution >= 0.6 is 11.6 Å². The minimum atomic E-state index is 0.561. The average molecular weight is 182 g/mol. The average Bonchev–Trinajstić information content (AvgIpc) is 1.99. The van der Waals surface area contributed by atoms with Gasteiger partial charge in [0.25, 0.3) is 0 Å². The topological polar surface area (TPSA) is 26.0 Å². The van der Waals surface area contributed by atoms with Gasteiger partial charge < -0.3 is 5.73 Å². The van der Waals surface area contributed by atoms with Crippen molar-refractivity contribution in [2.75, 3.05) is 6.54 Å². The summed E-state index contributed by atoms with van der Waals surface area (Å²) in [5, 5.41) is 0.770. The van der Waals surface area contributed by atoms with Crippen molar-refractivity contribution in [3.8, 4) is 0 Å². The lowest BCUT2D eigenvalue weighted by molar-refractivity contribution is 1.26. The summed E-state index contributed by atoms with van der Waals surface area (Å²) in [7, 11) is 0. The van der Waals surface area contributed by atoms with Gasteiger partial charge in [0, 0.05) is 11.6 Å². The molecule has 0 heterocycles. The van der Waals surface area contributed by atoms with Crippen LogP contribution in [0.5, 0.6) is 0 Å². The third-order valence-electron chi connectivity index (χ3n) is 1.51. The van der Waals surface area contributed by atoms with Crippen LogP contribution in [0.25, 0.3) is 6.08 Å². The number of hydrogen-bond donors (Lipinski definition) is 1. The normalized spacial score (nSPS) is 10.9. The minimum absolute atomic E-state index is 0.561. The van der Waals surface area contributed by atoms with Crippen LogP contribution in [0, 0.1) is 6.92 Å². The fraction of sp³-hybridized carbons (Fsp3) is 0.200. The fourth-order valence-corrected chi connectivity index (χ4v) is 1.36. The van der Waals surface area contributed by atoms with Gasteiger partial charge in [-0.25, -0.2) is 0 Å². The number of hydrogen-bond acceptors (Lipinski definition) is 1. The van der Waals surface area contributed by atoms with Crippen LogP contribution in [0.4, 0.5) is 0 Å². The number of nitrogens with two attached hydrogens (primary N) is 1. The first-order valence-electron chi connectivity index (χ1n) is 3.86. The lowest BCUT2D eigenvalue weighted by atomic mass is 10.1.